The standard InChI is InChI=1S/C19H31ClN4O2S.HI/c1-4-21-18(22-12-7-13-24(3)27(25,26)5-2)23-15-19(10-11-19)16-8-6-9-17(20)14-16;/h6,8-9,14H,4-5,7,10-13,15H2,1-3H3,(H2,21,22,23);1H. The summed E-state index contributed by atoms with van der Waals surface area (Å²) in [5, 5.41) is 7.32. The average Bonchev–Trinajstić information content (AvgIpc) is 3.44. The smallest absolute Gasteiger partial charge is 0.213 e. The zero-order valence-electron chi connectivity index (χ0n) is 16.9. The van der Waals surface area contributed by atoms with Gasteiger partial charge in [-0.3, -0.25) is 4.99 Å². The number of nitrogens with zero attached hydrogens (tertiary/aromatic N) is 2. The molecule has 1 fully saturated rings. The third kappa shape index (κ3) is 7.35. The second-order valence-corrected chi connectivity index (χ2v) is 9.79. The predicted octanol–water partition coefficient (Wildman–Crippen LogP) is 3.22. The van der Waals surface area contributed by atoms with Gasteiger partial charge in [0.2, 0.25) is 10.0 Å². The Labute approximate surface area is 191 Å². The van der Waals surface area contributed by atoms with Crippen molar-refractivity contribution in [2.75, 3.05) is 39.0 Å². The molecule has 0 spiro atoms. The quantitative estimate of drug-likeness (QED) is 0.206. The molecule has 0 saturated heterocycles. The van der Waals surface area contributed by atoms with Gasteiger partial charge in [-0.25, -0.2) is 12.7 Å². The summed E-state index contributed by atoms with van der Waals surface area (Å²) in [6.45, 7) is 6.35. The van der Waals surface area contributed by atoms with E-state index in [1.54, 1.807) is 14.0 Å². The summed E-state index contributed by atoms with van der Waals surface area (Å²) in [5.74, 6) is 0.902. The molecule has 6 nitrogen and oxygen atoms in total. The van der Waals surface area contributed by atoms with E-state index in [1.165, 1.54) is 9.87 Å². The zero-order chi connectivity index (χ0) is 19.9. The molecule has 9 heteroatoms. The van der Waals surface area contributed by atoms with E-state index in [9.17, 15) is 8.42 Å². The van der Waals surface area contributed by atoms with E-state index in [1.807, 2.05) is 25.1 Å². The Morgan fingerprint density at radius 1 is 1.29 bits per heavy atom. The fourth-order valence-electron chi connectivity index (χ4n) is 2.95. The van der Waals surface area contributed by atoms with Gasteiger partial charge in [-0.2, -0.15) is 0 Å². The Morgan fingerprint density at radius 3 is 2.57 bits per heavy atom. The molecular formula is C19H32ClIN4O2S. The molecule has 28 heavy (non-hydrogen) atoms. The van der Waals surface area contributed by atoms with Gasteiger partial charge in [0, 0.05) is 37.1 Å². The highest BCUT2D eigenvalue weighted by molar-refractivity contribution is 14.0. The number of guanidine groups is 1. The first-order chi connectivity index (χ1) is 12.8. The number of hydrogen-bond donors (Lipinski definition) is 2. The Kier molecular flexibility index (Phi) is 10.5. The van der Waals surface area contributed by atoms with Gasteiger partial charge in [0.25, 0.3) is 0 Å². The van der Waals surface area contributed by atoms with Gasteiger partial charge in [0.05, 0.1) is 12.3 Å². The molecule has 0 unspecified atom stereocenters. The van der Waals surface area contributed by atoms with E-state index < -0.39 is 10.0 Å². The first-order valence-corrected chi connectivity index (χ1v) is 11.5. The molecule has 0 amide bonds. The summed E-state index contributed by atoms with van der Waals surface area (Å²) < 4.78 is 25.0. The number of hydrogen-bond acceptors (Lipinski definition) is 3. The van der Waals surface area contributed by atoms with Crippen LogP contribution in [-0.4, -0.2) is 57.7 Å². The predicted molar refractivity (Wildman–Crippen MR) is 128 cm³/mol. The van der Waals surface area contributed by atoms with Gasteiger partial charge in [-0.15, -0.1) is 24.0 Å². The van der Waals surface area contributed by atoms with Gasteiger partial charge < -0.3 is 10.6 Å². The van der Waals surface area contributed by atoms with Crippen LogP contribution >= 0.6 is 35.6 Å². The fraction of sp³-hybridized carbons (Fsp3) is 0.632. The molecule has 160 valence electrons. The maximum Gasteiger partial charge on any atom is 0.213 e. The monoisotopic (exact) mass is 542 g/mol. The lowest BCUT2D eigenvalue weighted by Crippen LogP contribution is -2.39. The molecule has 0 bridgehead atoms. The Morgan fingerprint density at radius 2 is 2.00 bits per heavy atom. The van der Waals surface area contributed by atoms with Crippen LogP contribution in [-0.2, 0) is 15.4 Å². The highest BCUT2D eigenvalue weighted by atomic mass is 127. The summed E-state index contributed by atoms with van der Waals surface area (Å²) in [6, 6.07) is 8.05. The van der Waals surface area contributed by atoms with Crippen LogP contribution in [0, 0.1) is 0 Å². The van der Waals surface area contributed by atoms with Crippen molar-refractivity contribution in [3.8, 4) is 0 Å². The molecule has 0 atom stereocenters. The number of rotatable bonds is 10. The first kappa shape index (κ1) is 25.5. The lowest BCUT2D eigenvalue weighted by Gasteiger charge is -2.18. The van der Waals surface area contributed by atoms with Gasteiger partial charge in [0.1, 0.15) is 0 Å². The molecule has 1 aliphatic carbocycles. The Balaban J connectivity index is 0.00000392. The summed E-state index contributed by atoms with van der Waals surface area (Å²) in [5.41, 5.74) is 1.35. The average molecular weight is 543 g/mol. The molecule has 0 radical (unpaired) electrons. The van der Waals surface area contributed by atoms with E-state index in [-0.39, 0.29) is 35.1 Å². The number of nitrogens with one attached hydrogen (secondary N) is 2. The minimum atomic E-state index is -3.12. The minimum absolute atomic E-state index is 0. The van der Waals surface area contributed by atoms with Crippen LogP contribution in [0.15, 0.2) is 29.3 Å². The molecule has 2 N–H and O–H groups in total. The van der Waals surface area contributed by atoms with E-state index in [0.717, 1.165) is 36.8 Å². The first-order valence-electron chi connectivity index (χ1n) is 9.55. The maximum atomic E-state index is 11.8. The minimum Gasteiger partial charge on any atom is -0.357 e. The third-order valence-electron chi connectivity index (χ3n) is 4.96. The van der Waals surface area contributed by atoms with E-state index in [2.05, 4.69) is 16.7 Å². The maximum absolute atomic E-state index is 11.8. The summed E-state index contributed by atoms with van der Waals surface area (Å²) in [6.07, 6.45) is 2.96. The van der Waals surface area contributed by atoms with Crippen LogP contribution < -0.4 is 10.6 Å². The molecule has 2 rings (SSSR count). The Hall–Kier alpha value is -0.580. The van der Waals surface area contributed by atoms with Gasteiger partial charge in [-0.05, 0) is 50.8 Å². The van der Waals surface area contributed by atoms with Gasteiger partial charge in [0.15, 0.2) is 5.96 Å². The van der Waals surface area contributed by atoms with Gasteiger partial charge >= 0.3 is 0 Å². The summed E-state index contributed by atoms with van der Waals surface area (Å²) in [7, 11) is -1.49. The molecular weight excluding hydrogens is 511 g/mol. The van der Waals surface area contributed by atoms with Crippen LogP contribution in [0.25, 0.3) is 0 Å². The summed E-state index contributed by atoms with van der Waals surface area (Å²) in [4.78, 5) is 4.75. The van der Waals surface area contributed by atoms with Crippen LogP contribution in [0.5, 0.6) is 0 Å². The van der Waals surface area contributed by atoms with E-state index in [0.29, 0.717) is 19.6 Å². The Bertz CT molecular complexity index is 754. The molecule has 1 aliphatic rings. The number of aliphatic imine (C=N–C) groups is 1. The molecule has 1 aromatic carbocycles. The lowest BCUT2D eigenvalue weighted by atomic mass is 9.96. The van der Waals surface area contributed by atoms with Crippen molar-refractivity contribution < 1.29 is 8.42 Å². The number of sulfonamides is 1. The third-order valence-corrected chi connectivity index (χ3v) is 7.05. The van der Waals surface area contributed by atoms with Crippen LogP contribution in [0.3, 0.4) is 0 Å². The zero-order valence-corrected chi connectivity index (χ0v) is 20.8. The van der Waals surface area contributed by atoms with E-state index in [4.69, 9.17) is 16.6 Å². The highest BCUT2D eigenvalue weighted by Crippen LogP contribution is 2.48. The van der Waals surface area contributed by atoms with Crippen molar-refractivity contribution in [2.45, 2.75) is 38.5 Å². The molecule has 0 aromatic heterocycles. The van der Waals surface area contributed by atoms with Crippen molar-refractivity contribution in [1.29, 1.82) is 0 Å². The lowest BCUT2D eigenvalue weighted by molar-refractivity contribution is 0.461. The van der Waals surface area contributed by atoms with Gasteiger partial charge in [-0.1, -0.05) is 23.7 Å². The molecule has 1 aromatic rings. The van der Waals surface area contributed by atoms with Crippen molar-refractivity contribution in [3.63, 3.8) is 0 Å². The van der Waals surface area contributed by atoms with Crippen molar-refractivity contribution in [1.82, 2.24) is 14.9 Å². The molecule has 0 aliphatic heterocycles. The number of halogens is 2. The topological polar surface area (TPSA) is 73.8 Å². The highest BCUT2D eigenvalue weighted by Gasteiger charge is 2.44. The fourth-order valence-corrected chi connectivity index (χ4v) is 3.99. The largest absolute Gasteiger partial charge is 0.357 e. The molecule has 0 heterocycles. The summed E-state index contributed by atoms with van der Waals surface area (Å²) >= 11 is 6.14. The van der Waals surface area contributed by atoms with Crippen molar-refractivity contribution in [2.24, 2.45) is 4.99 Å². The van der Waals surface area contributed by atoms with E-state index >= 15 is 0 Å². The van der Waals surface area contributed by atoms with Crippen molar-refractivity contribution >= 4 is 51.6 Å². The normalized spacial score (nSPS) is 15.8. The van der Waals surface area contributed by atoms with Crippen LogP contribution in [0.4, 0.5) is 0 Å². The SMILES string of the molecule is CCNC(=NCC1(c2cccc(Cl)c2)CC1)NCCCN(C)S(=O)(=O)CC.I. The molecule has 1 saturated carbocycles. The van der Waals surface area contributed by atoms with Crippen molar-refractivity contribution in [3.05, 3.63) is 34.9 Å². The van der Waals surface area contributed by atoms with Crippen LogP contribution in [0.1, 0.15) is 38.7 Å². The second-order valence-electron chi connectivity index (χ2n) is 6.99. The van der Waals surface area contributed by atoms with Crippen LogP contribution in [0.2, 0.25) is 5.02 Å². The second kappa shape index (κ2) is 11.6. The number of benzene rings is 1.